The van der Waals surface area contributed by atoms with E-state index in [1.807, 2.05) is 28.8 Å². The van der Waals surface area contributed by atoms with Crippen molar-refractivity contribution in [3.63, 3.8) is 0 Å². The van der Waals surface area contributed by atoms with E-state index in [2.05, 4.69) is 15.6 Å². The number of amides is 1. The van der Waals surface area contributed by atoms with Gasteiger partial charge in [-0.2, -0.15) is 0 Å². The standard InChI is InChI=1S/C22H22ClF3N4O/c1-12-17(18(23)20(25)21(26)19(12)24)22(31)29-14-7-5-13(6-8-14)10-27-16-11-28-15-4-2-3-9-30(15)16/h2-4,9,11,13-14,27H,5-8,10H2,1H3,(H,29,31). The van der Waals surface area contributed by atoms with Crippen molar-refractivity contribution in [1.82, 2.24) is 14.7 Å². The minimum absolute atomic E-state index is 0.133. The molecule has 4 rings (SSSR count). The third-order valence-corrected chi connectivity index (χ3v) is 6.25. The minimum atomic E-state index is -1.67. The summed E-state index contributed by atoms with van der Waals surface area (Å²) in [6.07, 6.45) is 6.97. The number of halogens is 4. The van der Waals surface area contributed by atoms with Gasteiger partial charge in [-0.05, 0) is 50.7 Å². The fourth-order valence-electron chi connectivity index (χ4n) is 4.09. The molecule has 0 saturated heterocycles. The normalized spacial score (nSPS) is 18.9. The van der Waals surface area contributed by atoms with Crippen LogP contribution in [-0.4, -0.2) is 27.9 Å². The summed E-state index contributed by atoms with van der Waals surface area (Å²) < 4.78 is 43.1. The maximum atomic E-state index is 13.9. The molecule has 2 aromatic heterocycles. The van der Waals surface area contributed by atoms with E-state index in [1.165, 1.54) is 6.92 Å². The van der Waals surface area contributed by atoms with Crippen molar-refractivity contribution < 1.29 is 18.0 Å². The number of benzene rings is 1. The predicted octanol–water partition coefficient (Wildman–Crippen LogP) is 5.11. The lowest BCUT2D eigenvalue weighted by molar-refractivity contribution is 0.0921. The molecule has 0 atom stereocenters. The molecular formula is C22H22ClF3N4O. The molecule has 9 heteroatoms. The number of fused-ring (bicyclic) bond motifs is 1. The van der Waals surface area contributed by atoms with E-state index in [4.69, 9.17) is 11.6 Å². The fraction of sp³-hybridized carbons (Fsp3) is 0.364. The third kappa shape index (κ3) is 4.21. The molecule has 5 nitrogen and oxygen atoms in total. The Labute approximate surface area is 182 Å². The number of carbonyl (C=O) groups is 1. The largest absolute Gasteiger partial charge is 0.370 e. The number of hydrogen-bond acceptors (Lipinski definition) is 3. The van der Waals surface area contributed by atoms with E-state index in [1.54, 1.807) is 6.20 Å². The Morgan fingerprint density at radius 3 is 2.65 bits per heavy atom. The molecule has 0 bridgehead atoms. The molecule has 0 spiro atoms. The number of aromatic nitrogens is 2. The van der Waals surface area contributed by atoms with Crippen molar-refractivity contribution in [2.75, 3.05) is 11.9 Å². The van der Waals surface area contributed by atoms with E-state index in [0.29, 0.717) is 5.92 Å². The van der Waals surface area contributed by atoms with Crippen molar-refractivity contribution in [3.8, 4) is 0 Å². The van der Waals surface area contributed by atoms with Gasteiger partial charge in [-0.3, -0.25) is 9.20 Å². The fourth-order valence-corrected chi connectivity index (χ4v) is 4.40. The first kappa shape index (κ1) is 21.5. The highest BCUT2D eigenvalue weighted by Gasteiger charge is 2.28. The molecule has 1 aliphatic carbocycles. The van der Waals surface area contributed by atoms with Crippen LogP contribution in [0.25, 0.3) is 5.65 Å². The van der Waals surface area contributed by atoms with Crippen molar-refractivity contribution in [1.29, 1.82) is 0 Å². The van der Waals surface area contributed by atoms with Gasteiger partial charge in [-0.25, -0.2) is 18.2 Å². The molecule has 2 heterocycles. The summed E-state index contributed by atoms with van der Waals surface area (Å²) in [6.45, 7) is 1.99. The van der Waals surface area contributed by atoms with Crippen LogP contribution in [0.1, 0.15) is 41.6 Å². The maximum absolute atomic E-state index is 13.9. The zero-order valence-corrected chi connectivity index (χ0v) is 17.6. The smallest absolute Gasteiger partial charge is 0.253 e. The first-order valence-electron chi connectivity index (χ1n) is 10.2. The number of pyridine rings is 1. The molecule has 1 aliphatic rings. The molecule has 1 amide bonds. The lowest BCUT2D eigenvalue weighted by atomic mass is 9.86. The Kier molecular flexibility index (Phi) is 6.09. The van der Waals surface area contributed by atoms with Crippen LogP contribution in [0.4, 0.5) is 19.0 Å². The number of hydrogen-bond donors (Lipinski definition) is 2. The SMILES string of the molecule is Cc1c(F)c(F)c(F)c(Cl)c1C(=O)NC1CCC(CNc2cnc3ccccn23)CC1. The lowest BCUT2D eigenvalue weighted by Gasteiger charge is -2.29. The van der Waals surface area contributed by atoms with Gasteiger partial charge in [0, 0.05) is 24.3 Å². The van der Waals surface area contributed by atoms with Crippen molar-refractivity contribution in [3.05, 3.63) is 64.2 Å². The Hall–Kier alpha value is -2.74. The second-order valence-corrected chi connectivity index (χ2v) is 8.28. The van der Waals surface area contributed by atoms with Gasteiger partial charge in [0.15, 0.2) is 17.5 Å². The molecule has 0 radical (unpaired) electrons. The number of carbonyl (C=O) groups excluding carboxylic acids is 1. The van der Waals surface area contributed by atoms with E-state index in [0.717, 1.165) is 43.7 Å². The van der Waals surface area contributed by atoms with Crippen molar-refractivity contribution >= 4 is 29.0 Å². The summed E-state index contributed by atoms with van der Waals surface area (Å²) in [4.78, 5) is 16.9. The van der Waals surface area contributed by atoms with E-state index in [-0.39, 0.29) is 17.2 Å². The second kappa shape index (κ2) is 8.78. The average molecular weight is 451 g/mol. The predicted molar refractivity (Wildman–Crippen MR) is 113 cm³/mol. The van der Waals surface area contributed by atoms with Gasteiger partial charge >= 0.3 is 0 Å². The van der Waals surface area contributed by atoms with Crippen LogP contribution in [0.2, 0.25) is 5.02 Å². The van der Waals surface area contributed by atoms with Crippen LogP contribution >= 0.6 is 11.6 Å². The lowest BCUT2D eigenvalue weighted by Crippen LogP contribution is -2.39. The Morgan fingerprint density at radius 1 is 1.16 bits per heavy atom. The minimum Gasteiger partial charge on any atom is -0.370 e. The monoisotopic (exact) mass is 450 g/mol. The average Bonchev–Trinajstić information content (AvgIpc) is 3.19. The molecule has 0 aliphatic heterocycles. The molecule has 1 fully saturated rings. The van der Waals surface area contributed by atoms with Gasteiger partial charge in [0.25, 0.3) is 5.91 Å². The summed E-state index contributed by atoms with van der Waals surface area (Å²) in [5, 5.41) is 5.53. The molecular weight excluding hydrogens is 429 g/mol. The zero-order chi connectivity index (χ0) is 22.1. The summed E-state index contributed by atoms with van der Waals surface area (Å²) in [7, 11) is 0. The van der Waals surface area contributed by atoms with Gasteiger partial charge in [-0.15, -0.1) is 0 Å². The highest BCUT2D eigenvalue weighted by Crippen LogP contribution is 2.30. The number of imidazole rings is 1. The first-order valence-corrected chi connectivity index (χ1v) is 10.5. The van der Waals surface area contributed by atoms with Gasteiger partial charge in [-0.1, -0.05) is 17.7 Å². The Balaban J connectivity index is 1.33. The van der Waals surface area contributed by atoms with Crippen LogP contribution in [0.15, 0.2) is 30.6 Å². The molecule has 3 aromatic rings. The van der Waals surface area contributed by atoms with Crippen LogP contribution in [-0.2, 0) is 0 Å². The maximum Gasteiger partial charge on any atom is 0.253 e. The number of rotatable bonds is 5. The molecule has 2 N–H and O–H groups in total. The molecule has 164 valence electrons. The summed E-state index contributed by atoms with van der Waals surface area (Å²) >= 11 is 5.79. The summed E-state index contributed by atoms with van der Waals surface area (Å²) in [5.74, 6) is -3.94. The Bertz CT molecular complexity index is 1100. The van der Waals surface area contributed by atoms with Gasteiger partial charge in [0.1, 0.15) is 11.5 Å². The summed E-state index contributed by atoms with van der Waals surface area (Å²) in [6, 6.07) is 5.68. The zero-order valence-electron chi connectivity index (χ0n) is 16.9. The van der Waals surface area contributed by atoms with Crippen LogP contribution in [0.3, 0.4) is 0 Å². The van der Waals surface area contributed by atoms with E-state index < -0.39 is 28.4 Å². The topological polar surface area (TPSA) is 58.4 Å². The van der Waals surface area contributed by atoms with Gasteiger partial charge in [0.05, 0.1) is 16.8 Å². The van der Waals surface area contributed by atoms with Gasteiger partial charge in [0.2, 0.25) is 0 Å². The van der Waals surface area contributed by atoms with Crippen LogP contribution in [0, 0.1) is 30.3 Å². The number of nitrogens with one attached hydrogen (secondary N) is 2. The quantitative estimate of drug-likeness (QED) is 0.419. The summed E-state index contributed by atoms with van der Waals surface area (Å²) in [5.41, 5.74) is 0.223. The first-order chi connectivity index (χ1) is 14.9. The second-order valence-electron chi connectivity index (χ2n) is 7.90. The number of anilines is 1. The van der Waals surface area contributed by atoms with E-state index >= 15 is 0 Å². The van der Waals surface area contributed by atoms with Crippen molar-refractivity contribution in [2.45, 2.75) is 38.6 Å². The van der Waals surface area contributed by atoms with Crippen LogP contribution in [0.5, 0.6) is 0 Å². The molecule has 0 unspecified atom stereocenters. The van der Waals surface area contributed by atoms with Gasteiger partial charge < -0.3 is 10.6 Å². The number of nitrogens with zero attached hydrogens (tertiary/aromatic N) is 2. The molecule has 31 heavy (non-hydrogen) atoms. The molecule has 1 saturated carbocycles. The third-order valence-electron chi connectivity index (χ3n) is 5.90. The van der Waals surface area contributed by atoms with Crippen molar-refractivity contribution in [2.24, 2.45) is 5.92 Å². The molecule has 1 aromatic carbocycles. The van der Waals surface area contributed by atoms with E-state index in [9.17, 15) is 18.0 Å². The Morgan fingerprint density at radius 2 is 1.90 bits per heavy atom. The van der Waals surface area contributed by atoms with Crippen LogP contribution < -0.4 is 10.6 Å². The highest BCUT2D eigenvalue weighted by atomic mass is 35.5. The highest BCUT2D eigenvalue weighted by molar-refractivity contribution is 6.34.